The van der Waals surface area contributed by atoms with Gasteiger partial charge in [0.05, 0.1) is 11.7 Å². The van der Waals surface area contributed by atoms with E-state index in [1.807, 2.05) is 68.1 Å². The summed E-state index contributed by atoms with van der Waals surface area (Å²) in [4.78, 5) is 15.0. The monoisotopic (exact) mass is 349 g/mol. The van der Waals surface area contributed by atoms with E-state index >= 15 is 0 Å². The van der Waals surface area contributed by atoms with Crippen LogP contribution in [0.2, 0.25) is 0 Å². The number of amides is 1. The molecule has 136 valence electrons. The molecule has 1 atom stereocenters. The lowest BCUT2D eigenvalue weighted by atomic mass is 9.89. The van der Waals surface area contributed by atoms with Crippen LogP contribution in [0.3, 0.4) is 0 Å². The van der Waals surface area contributed by atoms with E-state index in [-0.39, 0.29) is 12.1 Å². The molecule has 0 aliphatic carbocycles. The van der Waals surface area contributed by atoms with Crippen molar-refractivity contribution in [3.05, 3.63) is 71.3 Å². The number of nitrogens with zero attached hydrogens (tertiary/aromatic N) is 1. The van der Waals surface area contributed by atoms with Crippen LogP contribution in [0.5, 0.6) is 0 Å². The summed E-state index contributed by atoms with van der Waals surface area (Å²) in [7, 11) is 0. The average Bonchev–Trinajstić information content (AvgIpc) is 2.60. The lowest BCUT2D eigenvalue weighted by Gasteiger charge is -2.38. The molecule has 0 bridgehead atoms. The first-order valence-corrected chi connectivity index (χ1v) is 9.29. The van der Waals surface area contributed by atoms with E-state index < -0.39 is 5.60 Å². The molecular formula is C23H27NO2. The third-order valence-corrected chi connectivity index (χ3v) is 4.44. The summed E-state index contributed by atoms with van der Waals surface area (Å²) in [6.07, 6.45) is 3.68. The summed E-state index contributed by atoms with van der Waals surface area (Å²) >= 11 is 0. The van der Waals surface area contributed by atoms with Gasteiger partial charge in [-0.3, -0.25) is 4.90 Å². The van der Waals surface area contributed by atoms with Crippen LogP contribution < -0.4 is 0 Å². The Morgan fingerprint density at radius 3 is 2.35 bits per heavy atom. The van der Waals surface area contributed by atoms with Crippen LogP contribution in [-0.2, 0) is 4.74 Å². The van der Waals surface area contributed by atoms with Crippen molar-refractivity contribution in [2.24, 2.45) is 0 Å². The Balaban J connectivity index is 2.13. The van der Waals surface area contributed by atoms with Gasteiger partial charge >= 0.3 is 6.09 Å². The van der Waals surface area contributed by atoms with Crippen molar-refractivity contribution < 1.29 is 9.53 Å². The minimum Gasteiger partial charge on any atom is -0.443 e. The maximum atomic E-state index is 13.2. The normalized spacial score (nSPS) is 16.7. The van der Waals surface area contributed by atoms with Crippen LogP contribution in [0, 0.1) is 0 Å². The number of rotatable bonds is 3. The van der Waals surface area contributed by atoms with Gasteiger partial charge in [0.25, 0.3) is 0 Å². The number of hydrogen-bond donors (Lipinski definition) is 0. The number of fused-ring (bicyclic) bond motifs is 1. The van der Waals surface area contributed by atoms with E-state index in [4.69, 9.17) is 4.74 Å². The third-order valence-electron chi connectivity index (χ3n) is 4.44. The second kappa shape index (κ2) is 7.36. The minimum atomic E-state index is -0.535. The molecule has 0 radical (unpaired) electrons. The second-order valence-electron chi connectivity index (χ2n) is 7.68. The summed E-state index contributed by atoms with van der Waals surface area (Å²) in [5, 5.41) is 0. The maximum Gasteiger partial charge on any atom is 0.415 e. The molecule has 0 N–H and O–H groups in total. The molecule has 1 aliphatic heterocycles. The molecule has 3 heteroatoms. The smallest absolute Gasteiger partial charge is 0.415 e. The highest BCUT2D eigenvalue weighted by Gasteiger charge is 2.35. The average molecular weight is 349 g/mol. The summed E-state index contributed by atoms with van der Waals surface area (Å²) < 4.78 is 5.77. The summed E-state index contributed by atoms with van der Waals surface area (Å²) in [5.74, 6) is 0. The molecule has 0 saturated carbocycles. The Hall–Kier alpha value is -2.55. The highest BCUT2D eigenvalue weighted by Crippen LogP contribution is 2.41. The van der Waals surface area contributed by atoms with Crippen molar-refractivity contribution in [3.63, 3.8) is 0 Å². The molecule has 1 aliphatic rings. The predicted molar refractivity (Wildman–Crippen MR) is 106 cm³/mol. The molecule has 1 unspecified atom stereocenters. The third kappa shape index (κ3) is 3.82. The van der Waals surface area contributed by atoms with Gasteiger partial charge in [-0.1, -0.05) is 67.9 Å². The second-order valence-corrected chi connectivity index (χ2v) is 7.68. The van der Waals surface area contributed by atoms with Gasteiger partial charge < -0.3 is 4.74 Å². The standard InChI is InChI=1S/C23H27NO2/c1-5-11-20-19-15-10-9-14-18(19)16-21(17-12-7-6-8-13-17)24(20)22(25)26-23(2,3)4/h6-10,12-16,20H,5,11H2,1-4H3. The molecular weight excluding hydrogens is 322 g/mol. The topological polar surface area (TPSA) is 29.5 Å². The maximum absolute atomic E-state index is 13.2. The van der Waals surface area contributed by atoms with Gasteiger partial charge in [0.1, 0.15) is 5.60 Å². The van der Waals surface area contributed by atoms with E-state index in [1.165, 1.54) is 11.1 Å². The van der Waals surface area contributed by atoms with Crippen LogP contribution >= 0.6 is 0 Å². The van der Waals surface area contributed by atoms with Crippen LogP contribution in [0.4, 0.5) is 4.79 Å². The van der Waals surface area contributed by atoms with Crippen LogP contribution in [0.1, 0.15) is 63.3 Å². The Labute approximate surface area is 156 Å². The molecule has 0 fully saturated rings. The van der Waals surface area contributed by atoms with Gasteiger partial charge in [-0.2, -0.15) is 0 Å². The van der Waals surface area contributed by atoms with Gasteiger partial charge in [-0.15, -0.1) is 0 Å². The molecule has 2 aromatic rings. The number of benzene rings is 2. The van der Waals surface area contributed by atoms with E-state index in [0.29, 0.717) is 0 Å². The van der Waals surface area contributed by atoms with E-state index in [1.54, 1.807) is 0 Å². The summed E-state index contributed by atoms with van der Waals surface area (Å²) in [6.45, 7) is 7.87. The minimum absolute atomic E-state index is 0.0220. The first kappa shape index (κ1) is 18.2. The fraction of sp³-hybridized carbons (Fsp3) is 0.348. The van der Waals surface area contributed by atoms with Gasteiger partial charge in [0, 0.05) is 0 Å². The number of carbonyl (C=O) groups excluding carboxylic acids is 1. The van der Waals surface area contributed by atoms with Crippen molar-refractivity contribution in [1.82, 2.24) is 4.90 Å². The summed E-state index contributed by atoms with van der Waals surface area (Å²) in [6, 6.07) is 18.4. The zero-order valence-corrected chi connectivity index (χ0v) is 16.0. The Morgan fingerprint density at radius 2 is 1.69 bits per heavy atom. The van der Waals surface area contributed by atoms with Gasteiger partial charge in [0.15, 0.2) is 0 Å². The zero-order chi connectivity index (χ0) is 18.7. The molecule has 0 saturated heterocycles. The molecule has 3 nitrogen and oxygen atoms in total. The first-order chi connectivity index (χ1) is 12.4. The van der Waals surface area contributed by atoms with Gasteiger partial charge in [0.2, 0.25) is 0 Å². The van der Waals surface area contributed by atoms with Crippen LogP contribution in [-0.4, -0.2) is 16.6 Å². The number of carbonyl (C=O) groups is 1. The van der Waals surface area contributed by atoms with Crippen molar-refractivity contribution >= 4 is 17.9 Å². The van der Waals surface area contributed by atoms with Crippen molar-refractivity contribution in [3.8, 4) is 0 Å². The molecule has 26 heavy (non-hydrogen) atoms. The Bertz CT molecular complexity index is 802. The Kier molecular flexibility index (Phi) is 5.17. The lowest BCUT2D eigenvalue weighted by molar-refractivity contribution is 0.0280. The molecule has 3 rings (SSSR count). The van der Waals surface area contributed by atoms with Crippen LogP contribution in [0.25, 0.3) is 11.8 Å². The van der Waals surface area contributed by atoms with Crippen molar-refractivity contribution in [2.45, 2.75) is 52.2 Å². The molecule has 1 heterocycles. The number of ether oxygens (including phenoxy) is 1. The molecule has 1 amide bonds. The summed E-state index contributed by atoms with van der Waals surface area (Å²) in [5.41, 5.74) is 3.74. The van der Waals surface area contributed by atoms with Gasteiger partial charge in [-0.25, -0.2) is 4.79 Å². The van der Waals surface area contributed by atoms with E-state index in [2.05, 4.69) is 25.1 Å². The van der Waals surface area contributed by atoms with Crippen molar-refractivity contribution in [1.29, 1.82) is 0 Å². The van der Waals surface area contributed by atoms with Crippen molar-refractivity contribution in [2.75, 3.05) is 0 Å². The van der Waals surface area contributed by atoms with E-state index in [0.717, 1.165) is 24.1 Å². The SMILES string of the molecule is CCCC1c2ccccc2C=C(c2ccccc2)N1C(=O)OC(C)(C)C. The predicted octanol–water partition coefficient (Wildman–Crippen LogP) is 6.28. The largest absolute Gasteiger partial charge is 0.443 e. The quantitative estimate of drug-likeness (QED) is 0.653. The van der Waals surface area contributed by atoms with Crippen LogP contribution in [0.15, 0.2) is 54.6 Å². The van der Waals surface area contributed by atoms with Gasteiger partial charge in [-0.05, 0) is 50.0 Å². The lowest BCUT2D eigenvalue weighted by Crippen LogP contribution is -2.39. The Morgan fingerprint density at radius 1 is 1.04 bits per heavy atom. The number of hydrogen-bond acceptors (Lipinski definition) is 2. The fourth-order valence-corrected chi connectivity index (χ4v) is 3.40. The first-order valence-electron chi connectivity index (χ1n) is 9.29. The molecule has 0 spiro atoms. The zero-order valence-electron chi connectivity index (χ0n) is 16.0. The highest BCUT2D eigenvalue weighted by atomic mass is 16.6. The molecule has 2 aromatic carbocycles. The fourth-order valence-electron chi connectivity index (χ4n) is 3.40. The highest BCUT2D eigenvalue weighted by molar-refractivity contribution is 5.92. The van der Waals surface area contributed by atoms with E-state index in [9.17, 15) is 4.79 Å². The molecule has 0 aromatic heterocycles.